The van der Waals surface area contributed by atoms with Gasteiger partial charge in [-0.05, 0) is 30.2 Å². The molecule has 0 aliphatic carbocycles. The summed E-state index contributed by atoms with van der Waals surface area (Å²) in [5.74, 6) is 1.38. The molecule has 29 heavy (non-hydrogen) atoms. The SMILES string of the molecule is Cc1ccc(CNc2nc(NCc3ccncc3)cc(-c3ccccc3)n2)cc1. The van der Waals surface area contributed by atoms with Crippen LogP contribution in [0.3, 0.4) is 0 Å². The molecule has 4 rings (SSSR count). The summed E-state index contributed by atoms with van der Waals surface area (Å²) >= 11 is 0. The summed E-state index contributed by atoms with van der Waals surface area (Å²) in [5, 5.41) is 6.76. The van der Waals surface area contributed by atoms with Gasteiger partial charge in [-0.3, -0.25) is 4.98 Å². The molecular weight excluding hydrogens is 358 g/mol. The molecule has 4 aromatic rings. The first-order valence-electron chi connectivity index (χ1n) is 9.63. The predicted molar refractivity (Wildman–Crippen MR) is 118 cm³/mol. The van der Waals surface area contributed by atoms with Crippen LogP contribution in [0.1, 0.15) is 16.7 Å². The summed E-state index contributed by atoms with van der Waals surface area (Å²) in [4.78, 5) is 13.4. The summed E-state index contributed by atoms with van der Waals surface area (Å²) in [6, 6.07) is 24.6. The van der Waals surface area contributed by atoms with E-state index in [1.807, 2.05) is 36.4 Å². The molecule has 0 unspecified atom stereocenters. The van der Waals surface area contributed by atoms with E-state index in [-0.39, 0.29) is 0 Å². The molecule has 2 heterocycles. The number of rotatable bonds is 7. The van der Waals surface area contributed by atoms with Gasteiger partial charge >= 0.3 is 0 Å². The molecule has 5 nitrogen and oxygen atoms in total. The van der Waals surface area contributed by atoms with E-state index in [9.17, 15) is 0 Å². The molecule has 0 spiro atoms. The number of nitrogens with one attached hydrogen (secondary N) is 2. The second kappa shape index (κ2) is 8.97. The lowest BCUT2D eigenvalue weighted by molar-refractivity contribution is 1.03. The quantitative estimate of drug-likeness (QED) is 0.468. The standard InChI is InChI=1S/C24H23N5/c1-18-7-9-19(10-8-18)17-27-24-28-22(21-5-3-2-4-6-21)15-23(29-24)26-16-20-11-13-25-14-12-20/h2-15H,16-17H2,1H3,(H2,26,27,28,29). The van der Waals surface area contributed by atoms with Crippen molar-refractivity contribution in [3.8, 4) is 11.3 Å². The van der Waals surface area contributed by atoms with Crippen molar-refractivity contribution < 1.29 is 0 Å². The molecular formula is C24H23N5. The lowest BCUT2D eigenvalue weighted by Crippen LogP contribution is -2.08. The fourth-order valence-corrected chi connectivity index (χ4v) is 2.95. The fraction of sp³-hybridized carbons (Fsp3) is 0.125. The van der Waals surface area contributed by atoms with Crippen molar-refractivity contribution in [2.45, 2.75) is 20.0 Å². The van der Waals surface area contributed by atoms with Gasteiger partial charge in [-0.25, -0.2) is 4.98 Å². The first-order chi connectivity index (χ1) is 14.3. The third-order valence-electron chi connectivity index (χ3n) is 4.59. The molecule has 0 radical (unpaired) electrons. The number of anilines is 2. The number of nitrogens with zero attached hydrogens (tertiary/aromatic N) is 3. The molecule has 0 aliphatic rings. The monoisotopic (exact) mass is 381 g/mol. The van der Waals surface area contributed by atoms with Crippen LogP contribution in [0, 0.1) is 6.92 Å². The minimum Gasteiger partial charge on any atom is -0.366 e. The van der Waals surface area contributed by atoms with Gasteiger partial charge in [-0.1, -0.05) is 60.2 Å². The number of hydrogen-bond donors (Lipinski definition) is 2. The van der Waals surface area contributed by atoms with E-state index in [1.54, 1.807) is 12.4 Å². The van der Waals surface area contributed by atoms with Crippen molar-refractivity contribution in [3.63, 3.8) is 0 Å². The summed E-state index contributed by atoms with van der Waals surface area (Å²) in [7, 11) is 0. The van der Waals surface area contributed by atoms with Gasteiger partial charge in [-0.2, -0.15) is 4.98 Å². The molecule has 0 aliphatic heterocycles. The van der Waals surface area contributed by atoms with Crippen LogP contribution in [0.5, 0.6) is 0 Å². The fourth-order valence-electron chi connectivity index (χ4n) is 2.95. The highest BCUT2D eigenvalue weighted by atomic mass is 15.1. The Morgan fingerprint density at radius 3 is 2.17 bits per heavy atom. The van der Waals surface area contributed by atoms with Crippen LogP contribution in [-0.4, -0.2) is 15.0 Å². The molecule has 144 valence electrons. The molecule has 0 saturated heterocycles. The molecule has 0 bridgehead atoms. The van der Waals surface area contributed by atoms with Crippen molar-refractivity contribution >= 4 is 11.8 Å². The minimum atomic E-state index is 0.601. The zero-order valence-corrected chi connectivity index (χ0v) is 16.3. The summed E-state index contributed by atoms with van der Waals surface area (Å²) in [6.07, 6.45) is 3.59. The Hall–Kier alpha value is -3.73. The molecule has 2 N–H and O–H groups in total. The average molecular weight is 381 g/mol. The second-order valence-electron chi connectivity index (χ2n) is 6.88. The van der Waals surface area contributed by atoms with Crippen molar-refractivity contribution in [3.05, 3.63) is 102 Å². The molecule has 0 amide bonds. The van der Waals surface area contributed by atoms with Crippen molar-refractivity contribution in [1.29, 1.82) is 0 Å². The zero-order valence-electron chi connectivity index (χ0n) is 16.3. The van der Waals surface area contributed by atoms with Crippen LogP contribution in [0.15, 0.2) is 85.2 Å². The van der Waals surface area contributed by atoms with Gasteiger partial charge in [0, 0.05) is 37.1 Å². The van der Waals surface area contributed by atoms with E-state index in [0.717, 1.165) is 22.6 Å². The van der Waals surface area contributed by atoms with Crippen LogP contribution >= 0.6 is 0 Å². The molecule has 0 atom stereocenters. The van der Waals surface area contributed by atoms with E-state index in [4.69, 9.17) is 4.98 Å². The topological polar surface area (TPSA) is 62.7 Å². The molecule has 2 aromatic carbocycles. The van der Waals surface area contributed by atoms with Crippen molar-refractivity contribution in [2.75, 3.05) is 10.6 Å². The van der Waals surface area contributed by atoms with Gasteiger partial charge in [0.15, 0.2) is 0 Å². The van der Waals surface area contributed by atoms with Crippen LogP contribution in [0.4, 0.5) is 11.8 Å². The van der Waals surface area contributed by atoms with Crippen molar-refractivity contribution in [1.82, 2.24) is 15.0 Å². The third-order valence-corrected chi connectivity index (χ3v) is 4.59. The zero-order chi connectivity index (χ0) is 19.9. The molecule has 5 heteroatoms. The maximum atomic E-state index is 4.72. The highest BCUT2D eigenvalue weighted by Crippen LogP contribution is 2.22. The number of aryl methyl sites for hydroxylation is 1. The maximum absolute atomic E-state index is 4.72. The van der Waals surface area contributed by atoms with E-state index in [0.29, 0.717) is 19.0 Å². The molecule has 0 fully saturated rings. The number of hydrogen-bond acceptors (Lipinski definition) is 5. The van der Waals surface area contributed by atoms with Gasteiger partial charge in [0.25, 0.3) is 0 Å². The van der Waals surface area contributed by atoms with Gasteiger partial charge < -0.3 is 10.6 Å². The van der Waals surface area contributed by atoms with Gasteiger partial charge in [0.05, 0.1) is 5.69 Å². The maximum Gasteiger partial charge on any atom is 0.225 e. The van der Waals surface area contributed by atoms with E-state index in [1.165, 1.54) is 11.1 Å². The average Bonchev–Trinajstić information content (AvgIpc) is 2.78. The largest absolute Gasteiger partial charge is 0.366 e. The summed E-state index contributed by atoms with van der Waals surface area (Å²) < 4.78 is 0. The van der Waals surface area contributed by atoms with Crippen LogP contribution in [0.2, 0.25) is 0 Å². The van der Waals surface area contributed by atoms with E-state index in [2.05, 4.69) is 63.9 Å². The first kappa shape index (κ1) is 18.6. The Labute approximate surface area is 170 Å². The van der Waals surface area contributed by atoms with Gasteiger partial charge in [0.2, 0.25) is 5.95 Å². The van der Waals surface area contributed by atoms with E-state index < -0.39 is 0 Å². The Morgan fingerprint density at radius 1 is 0.724 bits per heavy atom. The smallest absolute Gasteiger partial charge is 0.225 e. The number of pyridine rings is 1. The van der Waals surface area contributed by atoms with Crippen molar-refractivity contribution in [2.24, 2.45) is 0 Å². The highest BCUT2D eigenvalue weighted by Gasteiger charge is 2.07. The summed E-state index contributed by atoms with van der Waals surface area (Å²) in [5.41, 5.74) is 5.52. The first-order valence-corrected chi connectivity index (χ1v) is 9.63. The van der Waals surface area contributed by atoms with Crippen LogP contribution in [0.25, 0.3) is 11.3 Å². The lowest BCUT2D eigenvalue weighted by atomic mass is 10.1. The third kappa shape index (κ3) is 5.17. The molecule has 0 saturated carbocycles. The van der Waals surface area contributed by atoms with E-state index >= 15 is 0 Å². The van der Waals surface area contributed by atoms with Gasteiger partial charge in [-0.15, -0.1) is 0 Å². The Bertz CT molecular complexity index is 1050. The minimum absolute atomic E-state index is 0.601. The summed E-state index contributed by atoms with van der Waals surface area (Å²) in [6.45, 7) is 3.43. The van der Waals surface area contributed by atoms with Crippen LogP contribution in [-0.2, 0) is 13.1 Å². The Kier molecular flexibility index (Phi) is 5.76. The second-order valence-corrected chi connectivity index (χ2v) is 6.88. The Balaban J connectivity index is 1.56. The molecule has 2 aromatic heterocycles. The normalized spacial score (nSPS) is 10.5. The highest BCUT2D eigenvalue weighted by molar-refractivity contribution is 5.64. The lowest BCUT2D eigenvalue weighted by Gasteiger charge is -2.12. The van der Waals surface area contributed by atoms with Crippen LogP contribution < -0.4 is 10.6 Å². The number of benzene rings is 2. The van der Waals surface area contributed by atoms with Gasteiger partial charge in [0.1, 0.15) is 5.82 Å². The Morgan fingerprint density at radius 2 is 1.41 bits per heavy atom. The number of aromatic nitrogens is 3. The predicted octanol–water partition coefficient (Wildman–Crippen LogP) is 5.07.